The molecular weight excluding hydrogens is 973 g/mol. The molecule has 76 heavy (non-hydrogen) atoms. The first kappa shape index (κ1) is 62.8. The minimum absolute atomic E-state index is 0.0475. The van der Waals surface area contributed by atoms with Crippen LogP contribution in [0.1, 0.15) is 127 Å². The first-order chi connectivity index (χ1) is 36.4. The van der Waals surface area contributed by atoms with E-state index in [1.165, 1.54) is 11.1 Å². The highest BCUT2D eigenvalue weighted by molar-refractivity contribution is 6.00. The Morgan fingerprint density at radius 3 is 0.868 bits per heavy atom. The van der Waals surface area contributed by atoms with Gasteiger partial charge in [0.25, 0.3) is 0 Å². The highest BCUT2D eigenvalue weighted by Crippen LogP contribution is 2.13. The van der Waals surface area contributed by atoms with Gasteiger partial charge in [-0.05, 0) is 87.8 Å². The predicted octanol–water partition coefficient (Wildman–Crippen LogP) is 8.57. The molecule has 0 saturated carbocycles. The number of hydrogen-bond donors (Lipinski definition) is 0. The number of carbonyl (C=O) groups excluding carboxylic acids is 6. The average molecular weight is 1050 g/mol. The molecule has 2 unspecified atom stereocenters. The lowest BCUT2D eigenvalue weighted by Crippen LogP contribution is -2.31. The minimum Gasteiger partial charge on any atom is -0.461 e. The van der Waals surface area contributed by atoms with Crippen LogP contribution in [0.3, 0.4) is 0 Å². The summed E-state index contributed by atoms with van der Waals surface area (Å²) in [6.45, 7) is 14.4. The fraction of sp³-hybridized carbons (Fsp3) is 0.483. The van der Waals surface area contributed by atoms with Gasteiger partial charge in [-0.25, -0.2) is 0 Å². The summed E-state index contributed by atoms with van der Waals surface area (Å²) in [5, 5.41) is 0. The molecule has 3 aromatic rings. The number of carbonyl (C=O) groups is 6. The molecule has 3 rings (SSSR count). The summed E-state index contributed by atoms with van der Waals surface area (Å²) in [6.07, 6.45) is -0.918. The van der Waals surface area contributed by atoms with Gasteiger partial charge in [0.2, 0.25) is 0 Å². The van der Waals surface area contributed by atoms with Gasteiger partial charge in [-0.2, -0.15) is 0 Å². The van der Waals surface area contributed by atoms with Gasteiger partial charge in [0.1, 0.15) is 26.4 Å². The van der Waals surface area contributed by atoms with Crippen molar-refractivity contribution in [1.82, 2.24) is 0 Å². The molecule has 18 heteroatoms. The van der Waals surface area contributed by atoms with Gasteiger partial charge in [-0.1, -0.05) is 86.6 Å². The van der Waals surface area contributed by atoms with Crippen molar-refractivity contribution < 1.29 is 57.2 Å². The summed E-state index contributed by atoms with van der Waals surface area (Å²) < 4.78 is 32.9. The fourth-order valence-corrected chi connectivity index (χ4v) is 6.90. The van der Waals surface area contributed by atoms with E-state index in [9.17, 15) is 28.8 Å². The van der Waals surface area contributed by atoms with Gasteiger partial charge in [0, 0.05) is 48.4 Å². The van der Waals surface area contributed by atoms with Crippen LogP contribution in [0.15, 0.2) is 103 Å². The summed E-state index contributed by atoms with van der Waals surface area (Å²) in [5.74, 6) is -3.59. The maximum Gasteiger partial charge on any atom is 0.312 e. The zero-order valence-electron chi connectivity index (χ0n) is 46.0. The van der Waals surface area contributed by atoms with E-state index in [0.29, 0.717) is 47.4 Å². The average Bonchev–Trinajstić information content (AvgIpc) is 3.40. The number of benzene rings is 3. The Morgan fingerprint density at radius 1 is 0.368 bits per heavy atom. The number of aryl methyl sites for hydroxylation is 2. The third kappa shape index (κ3) is 27.2. The lowest BCUT2D eigenvalue weighted by molar-refractivity contribution is -0.165. The zero-order valence-corrected chi connectivity index (χ0v) is 46.0. The molecule has 0 aliphatic rings. The Labute approximate surface area is 447 Å². The third-order valence-corrected chi connectivity index (χ3v) is 11.4. The summed E-state index contributed by atoms with van der Waals surface area (Å²) in [6, 6.07) is 23.7. The summed E-state index contributed by atoms with van der Waals surface area (Å²) in [7, 11) is 3.13. The summed E-state index contributed by atoms with van der Waals surface area (Å²) in [4.78, 5) is 103. The number of aliphatic imine (C=N–C) groups is 6. The molecule has 0 aromatic heterocycles. The van der Waals surface area contributed by atoms with Gasteiger partial charge in [0.15, 0.2) is 12.2 Å². The van der Waals surface area contributed by atoms with E-state index < -0.39 is 48.0 Å². The second-order valence-electron chi connectivity index (χ2n) is 18.3. The highest BCUT2D eigenvalue weighted by Gasteiger charge is 2.23. The highest BCUT2D eigenvalue weighted by atomic mass is 16.6. The molecule has 0 bridgehead atoms. The molecule has 0 radical (unpaired) electrons. The summed E-state index contributed by atoms with van der Waals surface area (Å²) in [5.41, 5.74) is 9.36. The van der Waals surface area contributed by atoms with Crippen LogP contribution in [0.25, 0.3) is 0 Å². The van der Waals surface area contributed by atoms with Crippen LogP contribution in [-0.4, -0.2) is 123 Å². The first-order valence-electron chi connectivity index (χ1n) is 25.5. The normalized spacial score (nSPS) is 13.3. The number of hydrogen-bond acceptors (Lipinski definition) is 18. The predicted molar refractivity (Wildman–Crippen MR) is 295 cm³/mol. The molecule has 3 aromatic carbocycles. The van der Waals surface area contributed by atoms with E-state index in [2.05, 4.69) is 55.9 Å². The van der Waals surface area contributed by atoms with E-state index in [4.69, 9.17) is 28.4 Å². The van der Waals surface area contributed by atoms with Crippen LogP contribution in [-0.2, 0) is 96.2 Å². The Balaban J connectivity index is 1.55. The van der Waals surface area contributed by atoms with Gasteiger partial charge in [0.05, 0.1) is 64.7 Å². The molecule has 0 N–H and O–H groups in total. The van der Waals surface area contributed by atoms with Crippen molar-refractivity contribution in [2.24, 2.45) is 30.0 Å². The monoisotopic (exact) mass is 1050 g/mol. The van der Waals surface area contributed by atoms with Crippen LogP contribution < -0.4 is 0 Å². The van der Waals surface area contributed by atoms with Gasteiger partial charge in [-0.15, -0.1) is 0 Å². The van der Waals surface area contributed by atoms with E-state index in [1.807, 2.05) is 60.7 Å². The number of rotatable bonds is 32. The number of ether oxygens (including phenoxy) is 6. The standard InChI is InChI=1S/C58H76N6O12/c1-11-45-16-13-18-47(28-45)31-61-41(5)24-55(67)73-37-51(35-71-53(65)22-39(3)59-9)75-57(69)26-43(7)63-33-49-20-15-21-50(30-49)34-64-44(8)27-58(70)76-52(36-72-54(66)23-40(4)60-10)38-74-56(68)25-42(6)62-32-48-19-14-17-46(12-2)29-48/h13-21,28-30,51-52H,11-12,22-27,31-38H2,1-10H3. The minimum atomic E-state index is -1.07. The molecule has 0 fully saturated rings. The second kappa shape index (κ2) is 34.9. The molecule has 0 heterocycles. The Bertz CT molecular complexity index is 2440. The van der Waals surface area contributed by atoms with Gasteiger partial charge < -0.3 is 28.4 Å². The maximum absolute atomic E-state index is 13.1. The number of esters is 6. The summed E-state index contributed by atoms with van der Waals surface area (Å²) >= 11 is 0. The maximum atomic E-state index is 13.1. The smallest absolute Gasteiger partial charge is 0.312 e. The van der Waals surface area contributed by atoms with Crippen molar-refractivity contribution in [1.29, 1.82) is 0 Å². The van der Waals surface area contributed by atoms with Crippen LogP contribution in [0.5, 0.6) is 0 Å². The molecule has 0 aliphatic heterocycles. The molecule has 410 valence electrons. The van der Waals surface area contributed by atoms with Gasteiger partial charge >= 0.3 is 35.8 Å². The van der Waals surface area contributed by atoms with Crippen LogP contribution in [0.2, 0.25) is 0 Å². The molecule has 2 atom stereocenters. The van der Waals surface area contributed by atoms with Crippen LogP contribution >= 0.6 is 0 Å². The quantitative estimate of drug-likeness (QED) is 0.0325. The molecule has 0 spiro atoms. The van der Waals surface area contributed by atoms with E-state index in [1.54, 1.807) is 55.6 Å². The van der Waals surface area contributed by atoms with Crippen molar-refractivity contribution in [3.63, 3.8) is 0 Å². The third-order valence-electron chi connectivity index (χ3n) is 11.4. The Kier molecular flexibility index (Phi) is 28.8. The van der Waals surface area contributed by atoms with Gasteiger partial charge in [-0.3, -0.25) is 58.7 Å². The van der Waals surface area contributed by atoms with Crippen molar-refractivity contribution in [3.8, 4) is 0 Å². The molecule has 0 aliphatic carbocycles. The largest absolute Gasteiger partial charge is 0.461 e. The first-order valence-corrected chi connectivity index (χ1v) is 25.5. The Morgan fingerprint density at radius 2 is 0.605 bits per heavy atom. The van der Waals surface area contributed by atoms with Crippen molar-refractivity contribution in [2.75, 3.05) is 40.5 Å². The fourth-order valence-electron chi connectivity index (χ4n) is 6.90. The molecule has 18 nitrogen and oxygen atoms in total. The topological polar surface area (TPSA) is 232 Å². The Hall–Kier alpha value is -7.50. The van der Waals surface area contributed by atoms with Crippen LogP contribution in [0, 0.1) is 0 Å². The van der Waals surface area contributed by atoms with E-state index >= 15 is 0 Å². The molecular formula is C58H76N6O12. The van der Waals surface area contributed by atoms with E-state index in [0.717, 1.165) is 35.1 Å². The lowest BCUT2D eigenvalue weighted by Gasteiger charge is -2.18. The lowest BCUT2D eigenvalue weighted by atomic mass is 10.1. The zero-order chi connectivity index (χ0) is 55.8. The SMILES string of the molecule is CCc1cccc(CN=C(C)CC(=O)OCC(COC(=O)CC(C)=NC)OC(=O)CC(C)=NCc2cccc(CN=C(C)CC(=O)OC(COC(=O)CC(C)=NC)COC(=O)CC(C)=NCc3cccc(CC)c3)c2)c1. The van der Waals surface area contributed by atoms with Crippen LogP contribution in [0.4, 0.5) is 0 Å². The number of nitrogens with zero attached hydrogens (tertiary/aromatic N) is 6. The molecule has 0 saturated heterocycles. The van der Waals surface area contributed by atoms with Crippen molar-refractivity contribution >= 4 is 70.1 Å². The molecule has 0 amide bonds. The van der Waals surface area contributed by atoms with Crippen molar-refractivity contribution in [3.05, 3.63) is 106 Å². The second-order valence-corrected chi connectivity index (χ2v) is 18.3. The van der Waals surface area contributed by atoms with Crippen molar-refractivity contribution in [2.45, 2.75) is 145 Å². The van der Waals surface area contributed by atoms with E-state index in [-0.39, 0.29) is 78.0 Å².